The van der Waals surface area contributed by atoms with Crippen LogP contribution < -0.4 is 15.0 Å². The molecule has 24 heavy (non-hydrogen) atoms. The zero-order valence-electron chi connectivity index (χ0n) is 13.9. The Balaban J connectivity index is 1.38. The maximum atomic E-state index is 11.9. The third-order valence-corrected chi connectivity index (χ3v) is 4.23. The van der Waals surface area contributed by atoms with E-state index in [-0.39, 0.29) is 12.5 Å². The minimum atomic E-state index is -0.101. The van der Waals surface area contributed by atoms with Crippen LogP contribution in [0.3, 0.4) is 0 Å². The van der Waals surface area contributed by atoms with Crippen LogP contribution in [0.15, 0.2) is 48.7 Å². The van der Waals surface area contributed by atoms with E-state index in [1.165, 1.54) is 5.69 Å². The average Bonchev–Trinajstić information content (AvgIpc) is 3.09. The van der Waals surface area contributed by atoms with E-state index >= 15 is 0 Å². The summed E-state index contributed by atoms with van der Waals surface area (Å²) in [6.45, 7) is 4.67. The predicted octanol–water partition coefficient (Wildman–Crippen LogP) is 2.41. The third kappa shape index (κ3) is 4.47. The summed E-state index contributed by atoms with van der Waals surface area (Å²) in [5.74, 6) is 0.856. The summed E-state index contributed by atoms with van der Waals surface area (Å²) in [5, 5.41) is 2.96. The fourth-order valence-corrected chi connectivity index (χ4v) is 2.86. The Hall–Kier alpha value is -2.56. The van der Waals surface area contributed by atoms with Crippen LogP contribution in [0.4, 0.5) is 5.69 Å². The molecule has 1 N–H and O–H groups in total. The summed E-state index contributed by atoms with van der Waals surface area (Å²) in [4.78, 5) is 18.4. The van der Waals surface area contributed by atoms with E-state index < -0.39 is 0 Å². The summed E-state index contributed by atoms with van der Waals surface area (Å²) in [6, 6.07) is 14.1. The monoisotopic (exact) mass is 325 g/mol. The second kappa shape index (κ2) is 7.81. The van der Waals surface area contributed by atoms with Gasteiger partial charge in [-0.25, -0.2) is 4.98 Å². The van der Waals surface area contributed by atoms with Gasteiger partial charge in [0.05, 0.1) is 0 Å². The van der Waals surface area contributed by atoms with Crippen molar-refractivity contribution in [2.45, 2.75) is 13.3 Å². The number of carbonyl (C=O) groups is 1. The highest BCUT2D eigenvalue weighted by molar-refractivity contribution is 5.77. The van der Waals surface area contributed by atoms with Crippen LogP contribution in [0.1, 0.15) is 12.0 Å². The van der Waals surface area contributed by atoms with E-state index in [0.717, 1.165) is 25.1 Å². The first-order valence-corrected chi connectivity index (χ1v) is 8.33. The maximum Gasteiger partial charge on any atom is 0.258 e. The van der Waals surface area contributed by atoms with Crippen LogP contribution in [0.5, 0.6) is 5.88 Å². The highest BCUT2D eigenvalue weighted by atomic mass is 16.5. The van der Waals surface area contributed by atoms with Gasteiger partial charge in [-0.1, -0.05) is 24.3 Å². The number of hydrogen-bond donors (Lipinski definition) is 1. The first-order valence-electron chi connectivity index (χ1n) is 8.33. The molecule has 1 atom stereocenters. The first-order chi connectivity index (χ1) is 11.7. The van der Waals surface area contributed by atoms with Gasteiger partial charge in [0.2, 0.25) is 5.88 Å². The molecule has 1 aromatic carbocycles. The van der Waals surface area contributed by atoms with Gasteiger partial charge in [0, 0.05) is 37.6 Å². The second-order valence-corrected chi connectivity index (χ2v) is 6.20. The second-order valence-electron chi connectivity index (χ2n) is 6.20. The molecule has 1 saturated heterocycles. The van der Waals surface area contributed by atoms with Gasteiger partial charge in [-0.15, -0.1) is 0 Å². The minimum absolute atomic E-state index is 0.00514. The van der Waals surface area contributed by atoms with Gasteiger partial charge < -0.3 is 15.0 Å². The highest BCUT2D eigenvalue weighted by Gasteiger charge is 2.22. The number of nitrogens with zero attached hydrogens (tertiary/aromatic N) is 2. The van der Waals surface area contributed by atoms with Crippen molar-refractivity contribution >= 4 is 11.6 Å². The Morgan fingerprint density at radius 2 is 2.12 bits per heavy atom. The number of nitrogens with one attached hydrogen (secondary N) is 1. The largest absolute Gasteiger partial charge is 0.468 e. The molecule has 0 aliphatic carbocycles. The molecule has 0 bridgehead atoms. The summed E-state index contributed by atoms with van der Waals surface area (Å²) >= 11 is 0. The quantitative estimate of drug-likeness (QED) is 0.886. The summed E-state index contributed by atoms with van der Waals surface area (Å²) in [5.41, 5.74) is 2.32. The van der Waals surface area contributed by atoms with E-state index in [2.05, 4.69) is 39.5 Å². The first kappa shape index (κ1) is 16.3. The van der Waals surface area contributed by atoms with Crippen molar-refractivity contribution in [2.75, 3.05) is 31.1 Å². The third-order valence-electron chi connectivity index (χ3n) is 4.23. The predicted molar refractivity (Wildman–Crippen MR) is 94.2 cm³/mol. The zero-order valence-corrected chi connectivity index (χ0v) is 13.9. The number of ether oxygens (including phenoxy) is 1. The molecule has 1 fully saturated rings. The molecule has 5 nitrogen and oxygen atoms in total. The van der Waals surface area contributed by atoms with E-state index in [9.17, 15) is 4.79 Å². The molecule has 1 aliphatic heterocycles. The Morgan fingerprint density at radius 3 is 2.88 bits per heavy atom. The summed E-state index contributed by atoms with van der Waals surface area (Å²) < 4.78 is 5.39. The molecule has 0 radical (unpaired) electrons. The van der Waals surface area contributed by atoms with Gasteiger partial charge in [0.25, 0.3) is 5.91 Å². The van der Waals surface area contributed by atoms with Gasteiger partial charge >= 0.3 is 0 Å². The van der Waals surface area contributed by atoms with E-state index in [1.54, 1.807) is 12.3 Å². The average molecular weight is 325 g/mol. The molecular weight excluding hydrogens is 302 g/mol. The lowest BCUT2D eigenvalue weighted by atomic mass is 10.1. The fraction of sp³-hybridized carbons (Fsp3) is 0.368. The Labute approximate surface area is 142 Å². The van der Waals surface area contributed by atoms with Crippen molar-refractivity contribution in [3.63, 3.8) is 0 Å². The van der Waals surface area contributed by atoms with Gasteiger partial charge in [0.15, 0.2) is 6.61 Å². The molecule has 1 aliphatic rings. The van der Waals surface area contributed by atoms with Crippen LogP contribution in [-0.4, -0.2) is 37.1 Å². The number of carbonyl (C=O) groups excluding carboxylic acids is 1. The molecular formula is C19H23N3O2. The Morgan fingerprint density at radius 1 is 1.29 bits per heavy atom. The van der Waals surface area contributed by atoms with E-state index in [1.807, 2.05) is 19.1 Å². The van der Waals surface area contributed by atoms with Crippen LogP contribution in [0.2, 0.25) is 0 Å². The maximum absolute atomic E-state index is 11.9. The van der Waals surface area contributed by atoms with E-state index in [4.69, 9.17) is 4.74 Å². The zero-order chi connectivity index (χ0) is 16.8. The normalized spacial score (nSPS) is 16.9. The van der Waals surface area contributed by atoms with E-state index in [0.29, 0.717) is 18.3 Å². The van der Waals surface area contributed by atoms with Crippen molar-refractivity contribution in [1.29, 1.82) is 0 Å². The molecule has 5 heteroatoms. The van der Waals surface area contributed by atoms with Crippen LogP contribution >= 0.6 is 0 Å². The van der Waals surface area contributed by atoms with Crippen LogP contribution in [0, 0.1) is 12.8 Å². The highest BCUT2D eigenvalue weighted by Crippen LogP contribution is 2.22. The number of rotatable bonds is 6. The van der Waals surface area contributed by atoms with Crippen molar-refractivity contribution in [3.05, 3.63) is 54.2 Å². The lowest BCUT2D eigenvalue weighted by molar-refractivity contribution is -0.123. The van der Waals surface area contributed by atoms with Gasteiger partial charge in [-0.2, -0.15) is 0 Å². The molecule has 3 rings (SSSR count). The lowest BCUT2D eigenvalue weighted by Gasteiger charge is -2.18. The van der Waals surface area contributed by atoms with Crippen molar-refractivity contribution < 1.29 is 9.53 Å². The van der Waals surface area contributed by atoms with Crippen LogP contribution in [0.25, 0.3) is 0 Å². The number of aromatic nitrogens is 1. The van der Waals surface area contributed by atoms with Crippen molar-refractivity contribution in [2.24, 2.45) is 5.92 Å². The standard InChI is InChI=1S/C19H23N3O2/c1-15-7-8-19(21-11-15)24-14-18(23)20-12-16-9-10-22(13-16)17-5-3-2-4-6-17/h2-8,11,16H,9-10,12-14H2,1H3,(H,20,23)/t16-/m0/s1. The fourth-order valence-electron chi connectivity index (χ4n) is 2.86. The van der Waals surface area contributed by atoms with Crippen LogP contribution in [-0.2, 0) is 4.79 Å². The van der Waals surface area contributed by atoms with Gasteiger partial charge in [-0.05, 0) is 37.0 Å². The Kier molecular flexibility index (Phi) is 5.31. The van der Waals surface area contributed by atoms with Gasteiger partial charge in [-0.3, -0.25) is 4.79 Å². The lowest BCUT2D eigenvalue weighted by Crippen LogP contribution is -2.34. The number of anilines is 1. The molecule has 1 aromatic heterocycles. The number of pyridine rings is 1. The number of benzene rings is 1. The van der Waals surface area contributed by atoms with Crippen molar-refractivity contribution in [3.8, 4) is 5.88 Å². The van der Waals surface area contributed by atoms with Crippen molar-refractivity contribution in [1.82, 2.24) is 10.3 Å². The topological polar surface area (TPSA) is 54.5 Å². The summed E-state index contributed by atoms with van der Waals surface area (Å²) in [7, 11) is 0. The number of aryl methyl sites for hydroxylation is 1. The number of amides is 1. The Bertz CT molecular complexity index is 658. The molecule has 126 valence electrons. The number of hydrogen-bond acceptors (Lipinski definition) is 4. The molecule has 0 saturated carbocycles. The molecule has 0 spiro atoms. The SMILES string of the molecule is Cc1ccc(OCC(=O)NC[C@@H]2CCN(c3ccccc3)C2)nc1. The van der Waals surface area contributed by atoms with Gasteiger partial charge in [0.1, 0.15) is 0 Å². The summed E-state index contributed by atoms with van der Waals surface area (Å²) in [6.07, 6.45) is 2.82. The number of para-hydroxylation sites is 1. The molecule has 2 aromatic rings. The minimum Gasteiger partial charge on any atom is -0.468 e. The molecule has 1 amide bonds. The molecule has 2 heterocycles. The molecule has 0 unspecified atom stereocenters. The smallest absolute Gasteiger partial charge is 0.258 e.